The van der Waals surface area contributed by atoms with E-state index in [1.165, 1.54) is 0 Å². The maximum Gasteiger partial charge on any atom is 0.408 e. The van der Waals surface area contributed by atoms with Crippen molar-refractivity contribution in [1.82, 2.24) is 10.2 Å². The van der Waals surface area contributed by atoms with E-state index in [0.29, 0.717) is 11.8 Å². The van der Waals surface area contributed by atoms with E-state index in [1.807, 2.05) is 20.8 Å². The summed E-state index contributed by atoms with van der Waals surface area (Å²) in [5, 5.41) is 12.5. The Bertz CT molecular complexity index is 249. The van der Waals surface area contributed by atoms with Gasteiger partial charge < -0.3 is 10.4 Å². The maximum atomic E-state index is 11.2. The molecule has 2 N–H and O–H groups in total. The highest BCUT2D eigenvalue weighted by Gasteiger charge is 2.59. The predicted octanol–water partition coefficient (Wildman–Crippen LogP) is 0.983. The van der Waals surface area contributed by atoms with E-state index in [2.05, 4.69) is 5.32 Å². The summed E-state index contributed by atoms with van der Waals surface area (Å²) in [6.07, 6.45) is -0.781. The molecule has 3 atom stereocenters. The Kier molecular flexibility index (Phi) is 2.00. The van der Waals surface area contributed by atoms with E-state index >= 15 is 0 Å². The Morgan fingerprint density at radius 1 is 1.36 bits per heavy atom. The Labute approximate surface area is 84.3 Å². The van der Waals surface area contributed by atoms with Gasteiger partial charge in [-0.25, -0.2) is 4.79 Å². The molecule has 4 heteroatoms. The molecular formula is C10H18N2O2. The molecule has 2 unspecified atom stereocenters. The number of fused-ring (bicyclic) bond motifs is 1. The second kappa shape index (κ2) is 2.86. The molecule has 0 bridgehead atoms. The van der Waals surface area contributed by atoms with Crippen molar-refractivity contribution in [2.75, 3.05) is 13.1 Å². The molecule has 0 radical (unpaired) electrons. The van der Waals surface area contributed by atoms with Crippen molar-refractivity contribution in [3.63, 3.8) is 0 Å². The van der Waals surface area contributed by atoms with E-state index in [4.69, 9.17) is 0 Å². The molecule has 80 valence electrons. The van der Waals surface area contributed by atoms with Crippen LogP contribution in [0.2, 0.25) is 0 Å². The lowest BCUT2D eigenvalue weighted by atomic mass is 10.1. The minimum atomic E-state index is -0.781. The largest absolute Gasteiger partial charge is 0.465 e. The average Bonchev–Trinajstić information content (AvgIpc) is 2.52. The van der Waals surface area contributed by atoms with E-state index in [1.54, 1.807) is 4.90 Å². The van der Waals surface area contributed by atoms with E-state index < -0.39 is 6.09 Å². The van der Waals surface area contributed by atoms with Gasteiger partial charge in [-0.05, 0) is 32.6 Å². The summed E-state index contributed by atoms with van der Waals surface area (Å²) < 4.78 is 0. The third kappa shape index (κ3) is 1.38. The summed E-state index contributed by atoms with van der Waals surface area (Å²) in [5.74, 6) is 1.12. The molecule has 0 spiro atoms. The molecule has 1 saturated carbocycles. The second-order valence-corrected chi connectivity index (χ2v) is 5.30. The van der Waals surface area contributed by atoms with Gasteiger partial charge in [0.15, 0.2) is 0 Å². The molecule has 1 saturated heterocycles. The number of piperidine rings is 1. The number of hydrogen-bond donors (Lipinski definition) is 2. The fourth-order valence-corrected chi connectivity index (χ4v) is 2.63. The van der Waals surface area contributed by atoms with Crippen LogP contribution in [-0.2, 0) is 0 Å². The first-order valence-corrected chi connectivity index (χ1v) is 5.16. The quantitative estimate of drug-likeness (QED) is 0.660. The number of amides is 1. The highest BCUT2D eigenvalue weighted by Crippen LogP contribution is 2.47. The van der Waals surface area contributed by atoms with Crippen LogP contribution in [0.15, 0.2) is 0 Å². The minimum Gasteiger partial charge on any atom is -0.465 e. The molecule has 1 heterocycles. The van der Waals surface area contributed by atoms with Gasteiger partial charge >= 0.3 is 6.09 Å². The number of nitrogens with one attached hydrogen (secondary N) is 1. The Balaban J connectivity index is 2.10. The molecule has 0 aromatic carbocycles. The van der Waals surface area contributed by atoms with Gasteiger partial charge in [0.2, 0.25) is 0 Å². The summed E-state index contributed by atoms with van der Waals surface area (Å²) >= 11 is 0. The molecule has 1 aliphatic heterocycles. The Morgan fingerprint density at radius 3 is 2.21 bits per heavy atom. The van der Waals surface area contributed by atoms with Gasteiger partial charge in [0.05, 0.1) is 0 Å². The maximum absolute atomic E-state index is 11.2. The van der Waals surface area contributed by atoms with E-state index in [-0.39, 0.29) is 11.6 Å². The molecule has 1 aliphatic carbocycles. The molecule has 14 heavy (non-hydrogen) atoms. The monoisotopic (exact) mass is 198 g/mol. The molecule has 2 fully saturated rings. The predicted molar refractivity (Wildman–Crippen MR) is 53.3 cm³/mol. The molecule has 1 amide bonds. The first kappa shape index (κ1) is 9.77. The molecule has 4 nitrogen and oxygen atoms in total. The fraction of sp³-hybridized carbons (Fsp3) is 0.900. The van der Waals surface area contributed by atoms with Crippen LogP contribution in [0.4, 0.5) is 4.79 Å². The lowest BCUT2D eigenvalue weighted by molar-refractivity contribution is 0.0874. The van der Waals surface area contributed by atoms with Crippen molar-refractivity contribution in [3.05, 3.63) is 0 Å². The summed E-state index contributed by atoms with van der Waals surface area (Å²) in [6.45, 7) is 7.85. The zero-order valence-corrected chi connectivity index (χ0v) is 8.95. The third-order valence-corrected chi connectivity index (χ3v) is 3.27. The van der Waals surface area contributed by atoms with Crippen molar-refractivity contribution >= 4 is 6.09 Å². The van der Waals surface area contributed by atoms with Gasteiger partial charge in [-0.1, -0.05) is 0 Å². The van der Waals surface area contributed by atoms with Crippen LogP contribution in [0.1, 0.15) is 20.8 Å². The average molecular weight is 198 g/mol. The summed E-state index contributed by atoms with van der Waals surface area (Å²) in [7, 11) is 0. The number of carbonyl (C=O) groups is 1. The van der Waals surface area contributed by atoms with Crippen molar-refractivity contribution in [2.45, 2.75) is 32.4 Å². The van der Waals surface area contributed by atoms with Crippen molar-refractivity contribution < 1.29 is 9.90 Å². The van der Waals surface area contributed by atoms with Gasteiger partial charge in [0, 0.05) is 24.7 Å². The summed E-state index contributed by atoms with van der Waals surface area (Å²) in [5.41, 5.74) is -0.277. The number of rotatable bonds is 1. The van der Waals surface area contributed by atoms with Gasteiger partial charge in [-0.15, -0.1) is 0 Å². The molecule has 2 aliphatic rings. The standard InChI is InChI=1S/C10H18N2O2/c1-10(2,3)12(9(13)14)8-6-4-11-5-7(6)8/h6-8,11H,4-5H2,1-3H3,(H,13,14)/t6-,7?,8?/m1/s1. The number of hydrogen-bond acceptors (Lipinski definition) is 2. The topological polar surface area (TPSA) is 52.6 Å². The fourth-order valence-electron chi connectivity index (χ4n) is 2.63. The van der Waals surface area contributed by atoms with Crippen LogP contribution >= 0.6 is 0 Å². The Hall–Kier alpha value is -0.770. The molecule has 0 aromatic heterocycles. The number of nitrogens with zero attached hydrogens (tertiary/aromatic N) is 1. The smallest absolute Gasteiger partial charge is 0.408 e. The van der Waals surface area contributed by atoms with Crippen LogP contribution in [0.5, 0.6) is 0 Å². The third-order valence-electron chi connectivity index (χ3n) is 3.27. The van der Waals surface area contributed by atoms with E-state index in [0.717, 1.165) is 13.1 Å². The number of carboxylic acid groups (broad SMARTS) is 1. The first-order valence-electron chi connectivity index (χ1n) is 5.16. The minimum absolute atomic E-state index is 0.258. The van der Waals surface area contributed by atoms with Gasteiger partial charge in [-0.2, -0.15) is 0 Å². The highest BCUT2D eigenvalue weighted by atomic mass is 16.4. The van der Waals surface area contributed by atoms with E-state index in [9.17, 15) is 9.90 Å². The molecule has 2 rings (SSSR count). The second-order valence-electron chi connectivity index (χ2n) is 5.30. The SMILES string of the molecule is CC(C)(C)N(C(=O)O)C1C2CNC[C@H]21. The van der Waals surface area contributed by atoms with Gasteiger partial charge in [0.1, 0.15) is 0 Å². The highest BCUT2D eigenvalue weighted by molar-refractivity contribution is 5.67. The van der Waals surface area contributed by atoms with Gasteiger partial charge in [0.25, 0.3) is 0 Å². The van der Waals surface area contributed by atoms with Gasteiger partial charge in [-0.3, -0.25) is 4.90 Å². The van der Waals surface area contributed by atoms with Crippen LogP contribution < -0.4 is 5.32 Å². The molecular weight excluding hydrogens is 180 g/mol. The Morgan fingerprint density at radius 2 is 1.86 bits per heavy atom. The normalized spacial score (nSPS) is 35.2. The van der Waals surface area contributed by atoms with Crippen molar-refractivity contribution in [1.29, 1.82) is 0 Å². The zero-order valence-electron chi connectivity index (χ0n) is 8.95. The van der Waals surface area contributed by atoms with Crippen LogP contribution in [0, 0.1) is 11.8 Å². The first-order chi connectivity index (χ1) is 6.43. The zero-order chi connectivity index (χ0) is 10.5. The van der Waals surface area contributed by atoms with Crippen LogP contribution in [-0.4, -0.2) is 40.8 Å². The lowest BCUT2D eigenvalue weighted by Gasteiger charge is -2.34. The lowest BCUT2D eigenvalue weighted by Crippen LogP contribution is -2.48. The van der Waals surface area contributed by atoms with Crippen LogP contribution in [0.3, 0.4) is 0 Å². The van der Waals surface area contributed by atoms with Crippen LogP contribution in [0.25, 0.3) is 0 Å². The van der Waals surface area contributed by atoms with Crippen molar-refractivity contribution in [3.8, 4) is 0 Å². The summed E-state index contributed by atoms with van der Waals surface area (Å²) in [6, 6.07) is 0.258. The summed E-state index contributed by atoms with van der Waals surface area (Å²) in [4.78, 5) is 12.8. The van der Waals surface area contributed by atoms with Crippen molar-refractivity contribution in [2.24, 2.45) is 11.8 Å². The molecule has 0 aromatic rings.